The molecular weight excluding hydrogens is 286 g/mol. The third-order valence-corrected chi connectivity index (χ3v) is 5.60. The van der Waals surface area contributed by atoms with E-state index in [2.05, 4.69) is 0 Å². The van der Waals surface area contributed by atoms with Crippen LogP contribution in [-0.4, -0.2) is 18.9 Å². The van der Waals surface area contributed by atoms with Gasteiger partial charge in [0.1, 0.15) is 5.75 Å². The molecule has 2 aliphatic carbocycles. The van der Waals surface area contributed by atoms with Gasteiger partial charge in [-0.05, 0) is 50.3 Å². The van der Waals surface area contributed by atoms with Crippen LogP contribution in [0.2, 0.25) is 0 Å². The van der Waals surface area contributed by atoms with Gasteiger partial charge in [-0.1, -0.05) is 37.8 Å². The standard InChI is InChI=1S/C20H29NO2/c21-13-10-19(22)16-6-5-7-18(14-16)23-15-20(17-8-9-17)11-3-1-2-4-12-20/h5-7,14,17H,1-4,8-13,15,21H2. The number of nitrogens with two attached hydrogens (primary N) is 1. The first-order chi connectivity index (χ1) is 11.2. The van der Waals surface area contributed by atoms with Gasteiger partial charge in [0.05, 0.1) is 6.61 Å². The number of hydrogen-bond acceptors (Lipinski definition) is 3. The third kappa shape index (κ3) is 4.14. The van der Waals surface area contributed by atoms with Gasteiger partial charge in [0, 0.05) is 17.4 Å². The summed E-state index contributed by atoms with van der Waals surface area (Å²) >= 11 is 0. The number of carbonyl (C=O) groups excluding carboxylic acids is 1. The number of ketones is 1. The minimum atomic E-state index is 0.101. The monoisotopic (exact) mass is 315 g/mol. The van der Waals surface area contributed by atoms with Gasteiger partial charge in [0.25, 0.3) is 0 Å². The van der Waals surface area contributed by atoms with Gasteiger partial charge >= 0.3 is 0 Å². The molecule has 0 saturated heterocycles. The van der Waals surface area contributed by atoms with Crippen molar-refractivity contribution in [3.05, 3.63) is 29.8 Å². The van der Waals surface area contributed by atoms with Crippen LogP contribution in [0.4, 0.5) is 0 Å². The maximum atomic E-state index is 12.0. The Balaban J connectivity index is 1.66. The zero-order valence-electron chi connectivity index (χ0n) is 14.1. The predicted molar refractivity (Wildman–Crippen MR) is 92.8 cm³/mol. The Bertz CT molecular complexity index is 528. The van der Waals surface area contributed by atoms with Crippen molar-refractivity contribution in [3.8, 4) is 5.75 Å². The maximum Gasteiger partial charge on any atom is 0.164 e. The number of rotatable bonds is 7. The summed E-state index contributed by atoms with van der Waals surface area (Å²) in [7, 11) is 0. The largest absolute Gasteiger partial charge is 0.493 e. The molecule has 0 aliphatic heterocycles. The van der Waals surface area contributed by atoms with E-state index < -0.39 is 0 Å². The fourth-order valence-corrected chi connectivity index (χ4v) is 4.06. The summed E-state index contributed by atoms with van der Waals surface area (Å²) in [5, 5.41) is 0. The summed E-state index contributed by atoms with van der Waals surface area (Å²) in [5.74, 6) is 1.80. The third-order valence-electron chi connectivity index (χ3n) is 5.60. The molecule has 0 heterocycles. The average Bonchev–Trinajstić information content (AvgIpc) is 3.41. The smallest absolute Gasteiger partial charge is 0.164 e. The lowest BCUT2D eigenvalue weighted by molar-refractivity contribution is 0.0970. The van der Waals surface area contributed by atoms with Gasteiger partial charge in [-0.15, -0.1) is 0 Å². The lowest BCUT2D eigenvalue weighted by Gasteiger charge is -2.33. The van der Waals surface area contributed by atoms with Crippen LogP contribution in [0, 0.1) is 11.3 Å². The first kappa shape index (κ1) is 16.5. The van der Waals surface area contributed by atoms with Crippen LogP contribution in [0.5, 0.6) is 5.75 Å². The lowest BCUT2D eigenvalue weighted by Crippen LogP contribution is -2.30. The van der Waals surface area contributed by atoms with Crippen molar-refractivity contribution in [2.24, 2.45) is 17.1 Å². The lowest BCUT2D eigenvalue weighted by atomic mass is 9.76. The molecule has 3 heteroatoms. The van der Waals surface area contributed by atoms with Gasteiger partial charge in [-0.3, -0.25) is 4.79 Å². The van der Waals surface area contributed by atoms with Crippen LogP contribution in [0.15, 0.2) is 24.3 Å². The Morgan fingerprint density at radius 2 is 1.91 bits per heavy atom. The fraction of sp³-hybridized carbons (Fsp3) is 0.650. The van der Waals surface area contributed by atoms with E-state index in [4.69, 9.17) is 10.5 Å². The van der Waals surface area contributed by atoms with Crippen LogP contribution in [-0.2, 0) is 0 Å². The second-order valence-electron chi connectivity index (χ2n) is 7.33. The van der Waals surface area contributed by atoms with E-state index in [1.54, 1.807) is 0 Å². The van der Waals surface area contributed by atoms with E-state index in [9.17, 15) is 4.79 Å². The van der Waals surface area contributed by atoms with E-state index in [1.165, 1.54) is 51.4 Å². The minimum absolute atomic E-state index is 0.101. The van der Waals surface area contributed by atoms with E-state index in [1.807, 2.05) is 24.3 Å². The van der Waals surface area contributed by atoms with E-state index in [0.717, 1.165) is 18.3 Å². The molecule has 3 rings (SSSR count). The second-order valence-corrected chi connectivity index (χ2v) is 7.33. The van der Waals surface area contributed by atoms with Crippen LogP contribution < -0.4 is 10.5 Å². The number of carbonyl (C=O) groups is 1. The van der Waals surface area contributed by atoms with Crippen molar-refractivity contribution in [1.82, 2.24) is 0 Å². The van der Waals surface area contributed by atoms with Crippen molar-refractivity contribution >= 4 is 5.78 Å². The predicted octanol–water partition coefficient (Wildman–Crippen LogP) is 4.35. The molecule has 2 fully saturated rings. The molecule has 0 spiro atoms. The number of ether oxygens (including phenoxy) is 1. The van der Waals surface area contributed by atoms with Crippen LogP contribution >= 0.6 is 0 Å². The van der Waals surface area contributed by atoms with Crippen LogP contribution in [0.3, 0.4) is 0 Å². The molecule has 0 atom stereocenters. The highest BCUT2D eigenvalue weighted by atomic mass is 16.5. The summed E-state index contributed by atoms with van der Waals surface area (Å²) < 4.78 is 6.19. The Hall–Kier alpha value is -1.35. The van der Waals surface area contributed by atoms with Gasteiger partial charge in [-0.25, -0.2) is 0 Å². The molecule has 0 radical (unpaired) electrons. The molecule has 1 aromatic rings. The van der Waals surface area contributed by atoms with Gasteiger partial charge in [-0.2, -0.15) is 0 Å². The minimum Gasteiger partial charge on any atom is -0.493 e. The molecule has 0 amide bonds. The number of benzene rings is 1. The highest BCUT2D eigenvalue weighted by molar-refractivity contribution is 5.96. The quantitative estimate of drug-likeness (QED) is 0.601. The Kier molecular flexibility index (Phi) is 5.37. The molecule has 3 nitrogen and oxygen atoms in total. The summed E-state index contributed by atoms with van der Waals surface area (Å²) in [6.45, 7) is 1.21. The Morgan fingerprint density at radius 3 is 2.57 bits per heavy atom. The number of hydrogen-bond donors (Lipinski definition) is 1. The molecule has 2 aliphatic rings. The second kappa shape index (κ2) is 7.48. The SMILES string of the molecule is NCCC(=O)c1cccc(OCC2(C3CC3)CCCCCC2)c1. The first-order valence-electron chi connectivity index (χ1n) is 9.20. The van der Waals surface area contributed by atoms with Crippen molar-refractivity contribution < 1.29 is 9.53 Å². The van der Waals surface area contributed by atoms with E-state index in [-0.39, 0.29) is 5.78 Å². The Morgan fingerprint density at radius 1 is 1.17 bits per heavy atom. The Labute approximate surface area is 139 Å². The molecule has 23 heavy (non-hydrogen) atoms. The zero-order chi connectivity index (χ0) is 16.1. The molecule has 126 valence electrons. The van der Waals surface area contributed by atoms with Crippen molar-refractivity contribution in [3.63, 3.8) is 0 Å². The van der Waals surface area contributed by atoms with Crippen LogP contribution in [0.25, 0.3) is 0 Å². The fourth-order valence-electron chi connectivity index (χ4n) is 4.06. The summed E-state index contributed by atoms with van der Waals surface area (Å²) in [6.07, 6.45) is 11.2. The summed E-state index contributed by atoms with van der Waals surface area (Å²) in [4.78, 5) is 12.0. The highest BCUT2D eigenvalue weighted by Crippen LogP contribution is 2.53. The maximum absolute atomic E-state index is 12.0. The normalized spacial score (nSPS) is 20.7. The molecule has 0 unspecified atom stereocenters. The van der Waals surface area contributed by atoms with Gasteiger partial charge in [0.2, 0.25) is 0 Å². The highest BCUT2D eigenvalue weighted by Gasteiger charge is 2.45. The molecule has 2 N–H and O–H groups in total. The van der Waals surface area contributed by atoms with Gasteiger partial charge < -0.3 is 10.5 Å². The summed E-state index contributed by atoms with van der Waals surface area (Å²) in [6, 6.07) is 7.62. The first-order valence-corrected chi connectivity index (χ1v) is 9.20. The molecule has 0 bridgehead atoms. The summed E-state index contributed by atoms with van der Waals surface area (Å²) in [5.41, 5.74) is 6.58. The van der Waals surface area contributed by atoms with Gasteiger partial charge in [0.15, 0.2) is 5.78 Å². The van der Waals surface area contributed by atoms with Crippen LogP contribution in [0.1, 0.15) is 68.1 Å². The molecule has 0 aromatic heterocycles. The van der Waals surface area contributed by atoms with Crippen molar-refractivity contribution in [1.29, 1.82) is 0 Å². The number of Topliss-reactive ketones (excluding diaryl/α,β-unsaturated/α-hetero) is 1. The topological polar surface area (TPSA) is 52.3 Å². The van der Waals surface area contributed by atoms with Crippen molar-refractivity contribution in [2.45, 2.75) is 57.8 Å². The van der Waals surface area contributed by atoms with E-state index in [0.29, 0.717) is 23.9 Å². The van der Waals surface area contributed by atoms with Crippen molar-refractivity contribution in [2.75, 3.05) is 13.2 Å². The molecule has 1 aromatic carbocycles. The molecule has 2 saturated carbocycles. The zero-order valence-corrected chi connectivity index (χ0v) is 14.1. The molecular formula is C20H29NO2. The van der Waals surface area contributed by atoms with E-state index >= 15 is 0 Å². The average molecular weight is 315 g/mol.